The van der Waals surface area contributed by atoms with Crippen LogP contribution in [0.2, 0.25) is 0 Å². The summed E-state index contributed by atoms with van der Waals surface area (Å²) in [5.74, 6) is -0.0685. The van der Waals surface area contributed by atoms with Crippen LogP contribution in [0.25, 0.3) is 10.9 Å². The Labute approximate surface area is 203 Å². The van der Waals surface area contributed by atoms with Gasteiger partial charge in [0.1, 0.15) is 5.54 Å². The molecule has 0 aliphatic carbocycles. The summed E-state index contributed by atoms with van der Waals surface area (Å²) in [4.78, 5) is 30.2. The van der Waals surface area contributed by atoms with Crippen LogP contribution in [0.4, 0.5) is 0 Å². The minimum absolute atomic E-state index is 0.320. The average Bonchev–Trinajstić information content (AvgIpc) is 2.87. The minimum atomic E-state index is -1.18. The number of hydrogen-bond donors (Lipinski definition) is 1. The highest BCUT2D eigenvalue weighted by Crippen LogP contribution is 2.24. The Bertz CT molecular complexity index is 1290. The van der Waals surface area contributed by atoms with Gasteiger partial charge in [0, 0.05) is 23.1 Å². The molecule has 1 aromatic heterocycles. The van der Waals surface area contributed by atoms with Crippen LogP contribution >= 0.6 is 11.8 Å². The molecule has 0 fully saturated rings. The first-order valence-electron chi connectivity index (χ1n) is 11.0. The Kier molecular flexibility index (Phi) is 7.28. The van der Waals surface area contributed by atoms with Gasteiger partial charge in [0.2, 0.25) is 0 Å². The van der Waals surface area contributed by atoms with E-state index in [0.717, 1.165) is 32.8 Å². The van der Waals surface area contributed by atoms with E-state index < -0.39 is 11.5 Å². The lowest BCUT2D eigenvalue weighted by atomic mass is 9.92. The van der Waals surface area contributed by atoms with Crippen molar-refractivity contribution in [2.24, 2.45) is 0 Å². The van der Waals surface area contributed by atoms with Crippen molar-refractivity contribution in [3.63, 3.8) is 0 Å². The Morgan fingerprint density at radius 3 is 2.32 bits per heavy atom. The summed E-state index contributed by atoms with van der Waals surface area (Å²) in [7, 11) is 1.33. The third kappa shape index (κ3) is 5.64. The van der Waals surface area contributed by atoms with Crippen LogP contribution < -0.4 is 5.32 Å². The molecule has 0 bridgehead atoms. The molecule has 34 heavy (non-hydrogen) atoms. The van der Waals surface area contributed by atoms with E-state index in [1.165, 1.54) is 7.11 Å². The highest BCUT2D eigenvalue weighted by molar-refractivity contribution is 7.98. The fourth-order valence-corrected chi connectivity index (χ4v) is 4.59. The average molecular weight is 471 g/mol. The molecule has 5 nitrogen and oxygen atoms in total. The Hall–Kier alpha value is -3.64. The number of benzene rings is 3. The lowest BCUT2D eigenvalue weighted by Gasteiger charge is -2.28. The second-order valence-corrected chi connectivity index (χ2v) is 9.26. The van der Waals surface area contributed by atoms with Gasteiger partial charge in [0.25, 0.3) is 5.91 Å². The number of fused-ring (bicyclic) bond motifs is 1. The van der Waals surface area contributed by atoms with Crippen molar-refractivity contribution in [2.45, 2.75) is 29.7 Å². The van der Waals surface area contributed by atoms with Crippen molar-refractivity contribution in [1.82, 2.24) is 10.3 Å². The number of pyridine rings is 1. The molecule has 0 radical (unpaired) electrons. The van der Waals surface area contributed by atoms with Crippen LogP contribution in [-0.2, 0) is 21.7 Å². The van der Waals surface area contributed by atoms with E-state index in [1.807, 2.05) is 72.8 Å². The van der Waals surface area contributed by atoms with Crippen molar-refractivity contribution in [3.8, 4) is 0 Å². The molecule has 4 rings (SSSR count). The molecule has 3 aromatic carbocycles. The molecule has 1 N–H and O–H groups in total. The summed E-state index contributed by atoms with van der Waals surface area (Å²) in [6, 6.07) is 29.1. The summed E-state index contributed by atoms with van der Waals surface area (Å²) < 4.78 is 4.98. The summed E-state index contributed by atoms with van der Waals surface area (Å²) >= 11 is 1.65. The van der Waals surface area contributed by atoms with Crippen LogP contribution in [0.1, 0.15) is 28.4 Å². The normalized spacial score (nSPS) is 12.6. The number of rotatable bonds is 8. The fraction of sp³-hybridized carbons (Fsp3) is 0.179. The maximum absolute atomic E-state index is 13.0. The van der Waals surface area contributed by atoms with Gasteiger partial charge in [-0.05, 0) is 42.3 Å². The van der Waals surface area contributed by atoms with Crippen molar-refractivity contribution in [1.29, 1.82) is 0 Å². The molecule has 4 aromatic rings. The Balaban J connectivity index is 1.41. The molecule has 0 aliphatic heterocycles. The molecular weight excluding hydrogens is 444 g/mol. The molecular formula is C28H26N2O3S. The van der Waals surface area contributed by atoms with Gasteiger partial charge in [-0.3, -0.25) is 4.79 Å². The molecule has 0 aliphatic rings. The number of carbonyl (C=O) groups excluding carboxylic acids is 2. The molecule has 172 valence electrons. The van der Waals surface area contributed by atoms with Crippen LogP contribution in [0.3, 0.4) is 0 Å². The maximum Gasteiger partial charge on any atom is 0.331 e. The van der Waals surface area contributed by atoms with Crippen molar-refractivity contribution >= 4 is 34.5 Å². The zero-order valence-corrected chi connectivity index (χ0v) is 20.0. The van der Waals surface area contributed by atoms with Crippen molar-refractivity contribution in [3.05, 3.63) is 108 Å². The van der Waals surface area contributed by atoms with E-state index in [2.05, 4.69) is 11.4 Å². The zero-order valence-electron chi connectivity index (χ0n) is 19.2. The van der Waals surface area contributed by atoms with Gasteiger partial charge >= 0.3 is 5.97 Å². The Morgan fingerprint density at radius 2 is 1.59 bits per heavy atom. The topological polar surface area (TPSA) is 68.3 Å². The first kappa shape index (κ1) is 23.5. The highest BCUT2D eigenvalue weighted by atomic mass is 32.2. The SMILES string of the molecule is COC(=O)C(C)(Cc1ccccc1)NC(=O)c1ccc(CSc2ccc3ccccc3n2)cc1. The monoisotopic (exact) mass is 470 g/mol. The molecule has 6 heteroatoms. The van der Waals surface area contributed by atoms with Gasteiger partial charge in [-0.2, -0.15) is 0 Å². The van der Waals surface area contributed by atoms with E-state index >= 15 is 0 Å². The summed E-state index contributed by atoms with van der Waals surface area (Å²) in [6.45, 7) is 1.69. The first-order chi connectivity index (χ1) is 16.5. The summed E-state index contributed by atoms with van der Waals surface area (Å²) in [6.07, 6.45) is 0.333. The first-order valence-corrected chi connectivity index (χ1v) is 12.0. The van der Waals surface area contributed by atoms with Gasteiger partial charge in [0.15, 0.2) is 0 Å². The van der Waals surface area contributed by atoms with E-state index in [1.54, 1.807) is 30.8 Å². The number of carbonyl (C=O) groups is 2. The number of methoxy groups -OCH3 is 1. The maximum atomic E-state index is 13.0. The predicted octanol–water partition coefficient (Wildman–Crippen LogP) is 5.43. The molecule has 0 saturated carbocycles. The van der Waals surface area contributed by atoms with Crippen molar-refractivity contribution < 1.29 is 14.3 Å². The predicted molar refractivity (Wildman–Crippen MR) is 136 cm³/mol. The lowest BCUT2D eigenvalue weighted by molar-refractivity contribution is -0.147. The van der Waals surface area contributed by atoms with Crippen molar-refractivity contribution in [2.75, 3.05) is 7.11 Å². The number of amides is 1. The fourth-order valence-electron chi connectivity index (χ4n) is 3.76. The molecule has 0 spiro atoms. The molecule has 1 heterocycles. The highest BCUT2D eigenvalue weighted by Gasteiger charge is 2.36. The number of para-hydroxylation sites is 1. The van der Waals surface area contributed by atoms with E-state index in [9.17, 15) is 9.59 Å². The van der Waals surface area contributed by atoms with Gasteiger partial charge in [-0.1, -0.05) is 66.7 Å². The molecule has 1 amide bonds. The number of ether oxygens (including phenoxy) is 1. The van der Waals surface area contributed by atoms with Crippen LogP contribution in [-0.4, -0.2) is 29.5 Å². The van der Waals surface area contributed by atoms with E-state index in [-0.39, 0.29) is 5.91 Å². The van der Waals surface area contributed by atoms with Crippen LogP contribution in [0, 0.1) is 0 Å². The summed E-state index contributed by atoms with van der Waals surface area (Å²) in [5, 5.41) is 4.95. The molecule has 0 saturated heterocycles. The number of aromatic nitrogens is 1. The van der Waals surface area contributed by atoms with Gasteiger partial charge in [-0.15, -0.1) is 11.8 Å². The van der Waals surface area contributed by atoms with Gasteiger partial charge < -0.3 is 10.1 Å². The second-order valence-electron chi connectivity index (χ2n) is 8.27. The number of thioether (sulfide) groups is 1. The number of nitrogens with zero attached hydrogens (tertiary/aromatic N) is 1. The quantitative estimate of drug-likeness (QED) is 0.275. The number of esters is 1. The van der Waals surface area contributed by atoms with Crippen LogP contribution in [0.5, 0.6) is 0 Å². The largest absolute Gasteiger partial charge is 0.467 e. The molecule has 1 unspecified atom stereocenters. The summed E-state index contributed by atoms with van der Waals surface area (Å²) in [5.41, 5.74) is 2.30. The van der Waals surface area contributed by atoms with E-state index in [4.69, 9.17) is 9.72 Å². The number of nitrogens with one attached hydrogen (secondary N) is 1. The standard InChI is InChI=1S/C28H26N2O3S/c1-28(27(32)33-2,18-20-8-4-3-5-9-20)30-26(31)23-14-12-21(13-15-23)19-34-25-17-16-22-10-6-7-11-24(22)29-25/h3-17H,18-19H2,1-2H3,(H,30,31). The minimum Gasteiger partial charge on any atom is -0.467 e. The van der Waals surface area contributed by atoms with Gasteiger partial charge in [0.05, 0.1) is 17.7 Å². The molecule has 1 atom stereocenters. The third-order valence-corrected chi connectivity index (χ3v) is 6.60. The smallest absolute Gasteiger partial charge is 0.331 e. The van der Waals surface area contributed by atoms with Gasteiger partial charge in [-0.25, -0.2) is 9.78 Å². The third-order valence-electron chi connectivity index (χ3n) is 5.60. The second kappa shape index (κ2) is 10.5. The Morgan fingerprint density at radius 1 is 0.882 bits per heavy atom. The zero-order chi connectivity index (χ0) is 24.0. The van der Waals surface area contributed by atoms with Crippen LogP contribution in [0.15, 0.2) is 96.0 Å². The lowest BCUT2D eigenvalue weighted by Crippen LogP contribution is -2.54. The number of hydrogen-bond acceptors (Lipinski definition) is 5. The van der Waals surface area contributed by atoms with E-state index in [0.29, 0.717) is 12.0 Å².